The first-order valence-corrected chi connectivity index (χ1v) is 14.8. The molecule has 1 aliphatic heterocycles. The number of fused-ring (bicyclic) bond motifs is 6. The monoisotopic (exact) mass is 599 g/mol. The Bertz CT molecular complexity index is 1650. The minimum Gasteiger partial charge on any atom is -0.489 e. The molecule has 0 amide bonds. The summed E-state index contributed by atoms with van der Waals surface area (Å²) in [6.07, 6.45) is 3.57. The molecule has 0 unspecified atom stereocenters. The van der Waals surface area contributed by atoms with Crippen molar-refractivity contribution in [1.29, 1.82) is 0 Å². The SMILES string of the molecule is C1=Nc2ccccc2OCCOCCOc2ccccc2N=Cc2ccccc2OCc2cccc(n2)COc2ccccc21. The summed E-state index contributed by atoms with van der Waals surface area (Å²) >= 11 is 0. The Morgan fingerprint density at radius 2 is 0.844 bits per heavy atom. The van der Waals surface area contributed by atoms with Gasteiger partial charge < -0.3 is 23.7 Å². The van der Waals surface area contributed by atoms with Crippen molar-refractivity contribution >= 4 is 23.8 Å². The first kappa shape index (κ1) is 29.6. The maximum atomic E-state index is 6.19. The molecule has 8 heteroatoms. The van der Waals surface area contributed by atoms with Crippen LogP contribution in [0.5, 0.6) is 23.0 Å². The van der Waals surface area contributed by atoms with Crippen LogP contribution in [-0.2, 0) is 18.0 Å². The van der Waals surface area contributed by atoms with Gasteiger partial charge in [0, 0.05) is 23.6 Å². The van der Waals surface area contributed by atoms with Gasteiger partial charge in [0.1, 0.15) is 60.8 Å². The summed E-state index contributed by atoms with van der Waals surface area (Å²) in [5.74, 6) is 2.75. The van der Waals surface area contributed by atoms with E-state index in [1.807, 2.05) is 115 Å². The van der Waals surface area contributed by atoms with Crippen LogP contribution in [0.2, 0.25) is 0 Å². The third-order valence-corrected chi connectivity index (χ3v) is 6.84. The summed E-state index contributed by atoms with van der Waals surface area (Å²) in [4.78, 5) is 14.2. The van der Waals surface area contributed by atoms with Gasteiger partial charge in [-0.05, 0) is 60.7 Å². The van der Waals surface area contributed by atoms with Gasteiger partial charge in [-0.25, -0.2) is 0 Å². The number of nitrogens with zero attached hydrogens (tertiary/aromatic N) is 3. The third-order valence-electron chi connectivity index (χ3n) is 6.84. The van der Waals surface area contributed by atoms with E-state index in [9.17, 15) is 0 Å². The summed E-state index contributed by atoms with van der Waals surface area (Å²) in [5.41, 5.74) is 4.69. The Morgan fingerprint density at radius 3 is 1.36 bits per heavy atom. The van der Waals surface area contributed by atoms with Gasteiger partial charge in [0.25, 0.3) is 0 Å². The normalized spacial score (nSPS) is 14.1. The van der Waals surface area contributed by atoms with Crippen LogP contribution in [0.25, 0.3) is 0 Å². The molecule has 0 saturated heterocycles. The van der Waals surface area contributed by atoms with Crippen molar-refractivity contribution in [3.63, 3.8) is 0 Å². The van der Waals surface area contributed by atoms with E-state index in [-0.39, 0.29) is 0 Å². The number of para-hydroxylation sites is 6. The molecule has 0 aliphatic carbocycles. The molecule has 8 nitrogen and oxygen atoms in total. The van der Waals surface area contributed by atoms with E-state index in [1.54, 1.807) is 12.4 Å². The van der Waals surface area contributed by atoms with Gasteiger partial charge in [-0.2, -0.15) is 0 Å². The topological polar surface area (TPSA) is 83.8 Å². The maximum Gasteiger partial charge on any atom is 0.145 e. The van der Waals surface area contributed by atoms with E-state index in [0.29, 0.717) is 74.0 Å². The van der Waals surface area contributed by atoms with Crippen LogP contribution in [0.1, 0.15) is 22.5 Å². The lowest BCUT2D eigenvalue weighted by Crippen LogP contribution is -2.12. The van der Waals surface area contributed by atoms with E-state index >= 15 is 0 Å². The second-order valence-electron chi connectivity index (χ2n) is 10.0. The summed E-state index contributed by atoms with van der Waals surface area (Å²) < 4.78 is 30.1. The first-order chi connectivity index (χ1) is 22.3. The molecule has 5 aromatic rings. The van der Waals surface area contributed by atoms with Crippen molar-refractivity contribution in [2.75, 3.05) is 26.4 Å². The standard InChI is InChI=1S/C37H33N3O5/c1-5-16-34-28(10-1)24-38-32-14-3-7-18-36(32)42-22-20-41-21-23-43-37-19-8-4-15-33(37)39-25-29-11-2-6-17-35(29)45-27-31-13-9-12-30(40-31)26-44-34/h1-19,24-25H,20-23,26-27H2. The molecule has 0 radical (unpaired) electrons. The molecular formula is C37H33N3O5. The Hall–Kier alpha value is -5.47. The Kier molecular flexibility index (Phi) is 10.1. The Morgan fingerprint density at radius 1 is 0.400 bits per heavy atom. The van der Waals surface area contributed by atoms with Crippen molar-refractivity contribution < 1.29 is 23.7 Å². The molecule has 226 valence electrons. The van der Waals surface area contributed by atoms with Crippen LogP contribution in [0, 0.1) is 0 Å². The van der Waals surface area contributed by atoms with Gasteiger partial charge in [0.15, 0.2) is 0 Å². The molecule has 0 saturated carbocycles. The number of hydrogen-bond acceptors (Lipinski definition) is 8. The molecule has 4 aromatic carbocycles. The smallest absolute Gasteiger partial charge is 0.145 e. The number of hydrogen-bond donors (Lipinski definition) is 0. The van der Waals surface area contributed by atoms with Crippen molar-refractivity contribution in [2.45, 2.75) is 13.2 Å². The predicted octanol–water partition coefficient (Wildman–Crippen LogP) is 7.53. The summed E-state index contributed by atoms with van der Waals surface area (Å²) in [6.45, 7) is 2.15. The second kappa shape index (κ2) is 15.3. The number of benzene rings is 4. The lowest BCUT2D eigenvalue weighted by atomic mass is 10.2. The fraction of sp³-hybridized carbons (Fsp3) is 0.162. The molecule has 1 aromatic heterocycles. The second-order valence-corrected chi connectivity index (χ2v) is 10.0. The van der Waals surface area contributed by atoms with Crippen LogP contribution < -0.4 is 18.9 Å². The van der Waals surface area contributed by atoms with Crippen LogP contribution >= 0.6 is 0 Å². The average molecular weight is 600 g/mol. The molecule has 2 bridgehead atoms. The molecule has 0 N–H and O–H groups in total. The molecule has 0 spiro atoms. The van der Waals surface area contributed by atoms with Crippen molar-refractivity contribution in [3.8, 4) is 23.0 Å². The molecule has 6 rings (SSSR count). The lowest BCUT2D eigenvalue weighted by Gasteiger charge is -2.12. The first-order valence-electron chi connectivity index (χ1n) is 14.8. The fourth-order valence-electron chi connectivity index (χ4n) is 4.60. The summed E-state index contributed by atoms with van der Waals surface area (Å²) in [5, 5.41) is 0. The molecule has 0 fully saturated rings. The number of aromatic nitrogens is 1. The van der Waals surface area contributed by atoms with Crippen molar-refractivity contribution in [3.05, 3.63) is 138 Å². The Labute approximate surface area is 262 Å². The highest BCUT2D eigenvalue weighted by atomic mass is 16.5. The number of rotatable bonds is 0. The van der Waals surface area contributed by atoms with Crippen molar-refractivity contribution in [1.82, 2.24) is 4.98 Å². The minimum atomic E-state index is 0.295. The average Bonchev–Trinajstić information content (AvgIpc) is 3.09. The summed E-state index contributed by atoms with van der Waals surface area (Å²) in [7, 11) is 0. The minimum absolute atomic E-state index is 0.295. The van der Waals surface area contributed by atoms with Crippen LogP contribution in [-0.4, -0.2) is 43.8 Å². The van der Waals surface area contributed by atoms with Gasteiger partial charge in [-0.15, -0.1) is 0 Å². The Balaban J connectivity index is 1.25. The number of aliphatic imine (C=N–C) groups is 2. The van der Waals surface area contributed by atoms with Crippen molar-refractivity contribution in [2.24, 2.45) is 9.98 Å². The highest BCUT2D eigenvalue weighted by molar-refractivity contribution is 5.86. The van der Waals surface area contributed by atoms with Crippen LogP contribution in [0.4, 0.5) is 11.4 Å². The van der Waals surface area contributed by atoms with Gasteiger partial charge in [0.05, 0.1) is 24.6 Å². The zero-order valence-corrected chi connectivity index (χ0v) is 24.7. The molecule has 45 heavy (non-hydrogen) atoms. The molecule has 2 heterocycles. The number of ether oxygens (including phenoxy) is 5. The van der Waals surface area contributed by atoms with E-state index in [2.05, 4.69) is 0 Å². The molecular weight excluding hydrogens is 566 g/mol. The highest BCUT2D eigenvalue weighted by Crippen LogP contribution is 2.29. The zero-order chi connectivity index (χ0) is 30.5. The quantitative estimate of drug-likeness (QED) is 0.183. The van der Waals surface area contributed by atoms with Gasteiger partial charge >= 0.3 is 0 Å². The highest BCUT2D eigenvalue weighted by Gasteiger charge is 2.08. The van der Waals surface area contributed by atoms with Gasteiger partial charge in [0.2, 0.25) is 0 Å². The zero-order valence-electron chi connectivity index (χ0n) is 24.7. The lowest BCUT2D eigenvalue weighted by molar-refractivity contribution is 0.0767. The third kappa shape index (κ3) is 8.34. The van der Waals surface area contributed by atoms with E-state index in [0.717, 1.165) is 22.5 Å². The van der Waals surface area contributed by atoms with E-state index in [1.165, 1.54) is 0 Å². The van der Waals surface area contributed by atoms with E-state index in [4.69, 9.17) is 38.7 Å². The predicted molar refractivity (Wildman–Crippen MR) is 175 cm³/mol. The summed E-state index contributed by atoms with van der Waals surface area (Å²) in [6, 6.07) is 36.7. The van der Waals surface area contributed by atoms with Crippen LogP contribution in [0.3, 0.4) is 0 Å². The molecule has 1 aliphatic rings. The maximum absolute atomic E-state index is 6.19. The van der Waals surface area contributed by atoms with Gasteiger partial charge in [-0.3, -0.25) is 15.0 Å². The largest absolute Gasteiger partial charge is 0.489 e. The molecule has 0 atom stereocenters. The fourth-order valence-corrected chi connectivity index (χ4v) is 4.60. The van der Waals surface area contributed by atoms with Crippen LogP contribution in [0.15, 0.2) is 125 Å². The number of pyridine rings is 1. The van der Waals surface area contributed by atoms with E-state index < -0.39 is 0 Å². The van der Waals surface area contributed by atoms with Gasteiger partial charge in [-0.1, -0.05) is 54.6 Å².